The van der Waals surface area contributed by atoms with Crippen LogP contribution in [0.3, 0.4) is 0 Å². The Bertz CT molecular complexity index is 1920. The Morgan fingerprint density at radius 2 is 1.69 bits per heavy atom. The predicted molar refractivity (Wildman–Crippen MR) is 139 cm³/mol. The number of rotatable bonds is 3. The van der Waals surface area contributed by atoms with Crippen molar-refractivity contribution in [1.29, 1.82) is 0 Å². The standard InChI is InChI=1S/C28H16F2N4O4S/c1-14-31-32-27(39-14)34-25(36)24-22(23(35)18-12-17(30)10-11-21(18)38-24)28(34)19-4-2-3-5-20(19)33(26(28)37)13-15-6-8-16(29)9-7-15/h2-12H,13H2,1H3. The van der Waals surface area contributed by atoms with Gasteiger partial charge in [0.25, 0.3) is 11.8 Å². The molecule has 1 spiro atoms. The first-order valence-electron chi connectivity index (χ1n) is 11.9. The molecule has 0 aliphatic carbocycles. The number of amides is 2. The maximum atomic E-state index is 14.7. The summed E-state index contributed by atoms with van der Waals surface area (Å²) in [5.41, 5.74) is -1.42. The molecule has 0 fully saturated rings. The van der Waals surface area contributed by atoms with Crippen molar-refractivity contribution in [1.82, 2.24) is 10.2 Å². The first-order chi connectivity index (χ1) is 18.8. The van der Waals surface area contributed by atoms with Gasteiger partial charge in [0.2, 0.25) is 10.9 Å². The third kappa shape index (κ3) is 3.10. The van der Waals surface area contributed by atoms with Gasteiger partial charge in [0.1, 0.15) is 22.2 Å². The fraction of sp³-hybridized carbons (Fsp3) is 0.107. The third-order valence-electron chi connectivity index (χ3n) is 7.05. The molecule has 2 aromatic heterocycles. The summed E-state index contributed by atoms with van der Waals surface area (Å²) in [7, 11) is 0. The van der Waals surface area contributed by atoms with Crippen LogP contribution in [0, 0.1) is 18.6 Å². The van der Waals surface area contributed by atoms with Crippen LogP contribution in [0.5, 0.6) is 0 Å². The molecule has 7 rings (SSSR count). The number of hydrogen-bond donors (Lipinski definition) is 0. The number of aryl methyl sites for hydroxylation is 1. The fourth-order valence-corrected chi connectivity index (χ4v) is 6.18. The van der Waals surface area contributed by atoms with Gasteiger partial charge in [-0.25, -0.2) is 8.78 Å². The zero-order chi connectivity index (χ0) is 27.1. The molecule has 0 N–H and O–H groups in total. The molecule has 4 heterocycles. The largest absolute Gasteiger partial charge is 0.450 e. The summed E-state index contributed by atoms with van der Waals surface area (Å²) in [5.74, 6) is -2.75. The number of carbonyl (C=O) groups is 2. The van der Waals surface area contributed by atoms with Gasteiger partial charge >= 0.3 is 0 Å². The van der Waals surface area contributed by atoms with Gasteiger partial charge < -0.3 is 9.32 Å². The molecular formula is C28H16F2N4O4S. The second-order valence-corrected chi connectivity index (χ2v) is 10.4. The lowest BCUT2D eigenvalue weighted by atomic mass is 9.84. The van der Waals surface area contributed by atoms with Crippen LogP contribution in [0.4, 0.5) is 19.6 Å². The molecule has 8 nitrogen and oxygen atoms in total. The molecule has 2 aliphatic heterocycles. The Morgan fingerprint density at radius 1 is 0.949 bits per heavy atom. The summed E-state index contributed by atoms with van der Waals surface area (Å²) in [5, 5.41) is 8.72. The number of benzene rings is 3. The zero-order valence-electron chi connectivity index (χ0n) is 20.1. The van der Waals surface area contributed by atoms with E-state index in [9.17, 15) is 23.2 Å². The van der Waals surface area contributed by atoms with Crippen molar-refractivity contribution < 1.29 is 22.8 Å². The number of fused-ring (bicyclic) bond motifs is 5. The summed E-state index contributed by atoms with van der Waals surface area (Å²) >= 11 is 1.08. The van der Waals surface area contributed by atoms with Crippen molar-refractivity contribution >= 4 is 44.9 Å². The summed E-state index contributed by atoms with van der Waals surface area (Å²) < 4.78 is 33.7. The van der Waals surface area contributed by atoms with Crippen LogP contribution in [0.15, 0.2) is 75.9 Å². The molecule has 0 radical (unpaired) electrons. The van der Waals surface area contributed by atoms with E-state index in [-0.39, 0.29) is 34.0 Å². The van der Waals surface area contributed by atoms with Crippen molar-refractivity contribution in [2.75, 3.05) is 9.80 Å². The van der Waals surface area contributed by atoms with Gasteiger partial charge in [-0.2, -0.15) is 0 Å². The minimum absolute atomic E-state index is 0.0147. The van der Waals surface area contributed by atoms with Crippen LogP contribution in [-0.4, -0.2) is 22.0 Å². The quantitative estimate of drug-likeness (QED) is 0.329. The molecule has 0 saturated carbocycles. The number of hydrogen-bond acceptors (Lipinski definition) is 7. The Labute approximate surface area is 222 Å². The van der Waals surface area contributed by atoms with E-state index in [1.807, 2.05) is 0 Å². The SMILES string of the molecule is Cc1nnc(N2C(=O)c3oc4ccc(F)cc4c(=O)c3C23C(=O)N(Cc2ccc(F)cc2)c2ccccc23)s1. The molecule has 5 aromatic rings. The molecule has 0 bridgehead atoms. The first kappa shape index (κ1) is 23.4. The number of halogens is 2. The van der Waals surface area contributed by atoms with E-state index in [1.165, 1.54) is 23.1 Å². The lowest BCUT2D eigenvalue weighted by Gasteiger charge is -2.32. The third-order valence-corrected chi connectivity index (χ3v) is 7.87. The molecule has 2 aliphatic rings. The van der Waals surface area contributed by atoms with E-state index in [2.05, 4.69) is 10.2 Å². The van der Waals surface area contributed by atoms with Gasteiger partial charge in [0.15, 0.2) is 11.0 Å². The highest BCUT2D eigenvalue weighted by Gasteiger charge is 2.66. The summed E-state index contributed by atoms with van der Waals surface area (Å²) in [6.45, 7) is 1.74. The van der Waals surface area contributed by atoms with Gasteiger partial charge in [-0.15, -0.1) is 10.2 Å². The van der Waals surface area contributed by atoms with Gasteiger partial charge in [0.05, 0.1) is 23.2 Å². The minimum atomic E-state index is -1.98. The molecule has 39 heavy (non-hydrogen) atoms. The average Bonchev–Trinajstić information content (AvgIpc) is 3.54. The van der Waals surface area contributed by atoms with Gasteiger partial charge in [-0.1, -0.05) is 41.7 Å². The molecular weight excluding hydrogens is 526 g/mol. The lowest BCUT2D eigenvalue weighted by Crippen LogP contribution is -2.53. The maximum Gasteiger partial charge on any atom is 0.297 e. The van der Waals surface area contributed by atoms with E-state index in [4.69, 9.17) is 4.42 Å². The normalized spacial score (nSPS) is 17.9. The number of anilines is 2. The van der Waals surface area contributed by atoms with E-state index >= 15 is 0 Å². The second-order valence-electron chi connectivity index (χ2n) is 9.27. The predicted octanol–water partition coefficient (Wildman–Crippen LogP) is 4.68. The molecule has 0 saturated heterocycles. The molecule has 1 atom stereocenters. The van der Waals surface area contributed by atoms with E-state index in [1.54, 1.807) is 43.3 Å². The first-order valence-corrected chi connectivity index (χ1v) is 12.7. The monoisotopic (exact) mass is 542 g/mol. The van der Waals surface area contributed by atoms with Crippen LogP contribution < -0.4 is 15.2 Å². The highest BCUT2D eigenvalue weighted by Crippen LogP contribution is 2.54. The number of para-hydroxylation sites is 1. The van der Waals surface area contributed by atoms with Crippen molar-refractivity contribution in [3.05, 3.63) is 116 Å². The van der Waals surface area contributed by atoms with Crippen LogP contribution in [-0.2, 0) is 16.9 Å². The number of carbonyl (C=O) groups excluding carboxylic acids is 2. The van der Waals surface area contributed by atoms with E-state index in [0.29, 0.717) is 21.8 Å². The molecule has 192 valence electrons. The number of aromatic nitrogens is 2. The lowest BCUT2D eigenvalue weighted by molar-refractivity contribution is -0.121. The summed E-state index contributed by atoms with van der Waals surface area (Å²) in [4.78, 5) is 45.4. The molecule has 11 heteroatoms. The smallest absolute Gasteiger partial charge is 0.297 e. The second kappa shape index (κ2) is 8.11. The van der Waals surface area contributed by atoms with Gasteiger partial charge in [-0.05, 0) is 48.9 Å². The summed E-state index contributed by atoms with van der Waals surface area (Å²) in [6.07, 6.45) is 0. The zero-order valence-corrected chi connectivity index (χ0v) is 21.0. The van der Waals surface area contributed by atoms with Crippen molar-refractivity contribution in [2.45, 2.75) is 19.0 Å². The van der Waals surface area contributed by atoms with Crippen molar-refractivity contribution in [3.63, 3.8) is 0 Å². The van der Waals surface area contributed by atoms with Gasteiger partial charge in [0, 0.05) is 5.56 Å². The Kier molecular flexibility index (Phi) is 4.86. The van der Waals surface area contributed by atoms with Crippen molar-refractivity contribution in [3.8, 4) is 0 Å². The van der Waals surface area contributed by atoms with Crippen LogP contribution >= 0.6 is 11.3 Å². The molecule has 3 aromatic carbocycles. The van der Waals surface area contributed by atoms with Crippen molar-refractivity contribution in [2.24, 2.45) is 0 Å². The topological polar surface area (TPSA) is 96.6 Å². The Hall–Kier alpha value is -4.77. The summed E-state index contributed by atoms with van der Waals surface area (Å²) in [6, 6.07) is 15.9. The minimum Gasteiger partial charge on any atom is -0.450 e. The van der Waals surface area contributed by atoms with Gasteiger partial charge in [-0.3, -0.25) is 19.3 Å². The van der Waals surface area contributed by atoms with E-state index in [0.717, 1.165) is 28.4 Å². The Balaban J connectivity index is 1.56. The van der Waals surface area contributed by atoms with E-state index < -0.39 is 34.4 Å². The molecule has 2 amide bonds. The maximum absolute atomic E-state index is 14.7. The van der Waals surface area contributed by atoms with Crippen LogP contribution in [0.1, 0.15) is 32.3 Å². The Morgan fingerprint density at radius 3 is 2.44 bits per heavy atom. The van der Waals surface area contributed by atoms with Crippen LogP contribution in [0.2, 0.25) is 0 Å². The fourth-order valence-electron chi connectivity index (χ4n) is 5.44. The highest BCUT2D eigenvalue weighted by molar-refractivity contribution is 7.15. The number of nitrogens with zero attached hydrogens (tertiary/aromatic N) is 4. The molecule has 1 unspecified atom stereocenters. The highest BCUT2D eigenvalue weighted by atomic mass is 32.1. The van der Waals surface area contributed by atoms with Crippen LogP contribution in [0.25, 0.3) is 11.0 Å². The average molecular weight is 543 g/mol.